The molecule has 2 N–H and O–H groups in total. The molecule has 2 unspecified atom stereocenters. The number of likely N-dealkylation sites (N-methyl/N-ethyl adjacent to an activating group) is 2. The van der Waals surface area contributed by atoms with Crippen LogP contribution in [-0.4, -0.2) is 83.4 Å². The first kappa shape index (κ1) is 27.7. The normalized spacial score (nSPS) is 22.3. The van der Waals surface area contributed by atoms with Gasteiger partial charge in [-0.3, -0.25) is 9.88 Å². The van der Waals surface area contributed by atoms with Crippen molar-refractivity contribution in [3.8, 4) is 29.4 Å². The van der Waals surface area contributed by atoms with Gasteiger partial charge in [-0.2, -0.15) is 4.98 Å². The van der Waals surface area contributed by atoms with Crippen LogP contribution in [0, 0.1) is 24.0 Å². The highest BCUT2D eigenvalue weighted by atomic mass is 19.1. The molecule has 0 spiro atoms. The van der Waals surface area contributed by atoms with Crippen molar-refractivity contribution < 1.29 is 13.9 Å². The number of aromatic hydroxyl groups is 1. The number of fused-ring (bicyclic) bond motifs is 4. The van der Waals surface area contributed by atoms with E-state index in [0.29, 0.717) is 52.6 Å². The van der Waals surface area contributed by atoms with Crippen LogP contribution in [0.3, 0.4) is 0 Å². The Bertz CT molecular complexity index is 1750. The van der Waals surface area contributed by atoms with Crippen LogP contribution in [-0.2, 0) is 0 Å². The number of aromatic nitrogens is 3. The van der Waals surface area contributed by atoms with E-state index in [1.807, 2.05) is 7.05 Å². The van der Waals surface area contributed by atoms with Gasteiger partial charge in [0.05, 0.1) is 10.9 Å². The lowest BCUT2D eigenvalue weighted by atomic mass is 9.96. The minimum atomic E-state index is -0.664. The number of terminal acetylenes is 1. The first-order chi connectivity index (χ1) is 20.8. The summed E-state index contributed by atoms with van der Waals surface area (Å²) < 4.78 is 31.6. The smallest absolute Gasteiger partial charge is 0.228 e. The predicted molar refractivity (Wildman–Crippen MR) is 165 cm³/mol. The highest BCUT2D eigenvalue weighted by molar-refractivity contribution is 6.03. The summed E-state index contributed by atoms with van der Waals surface area (Å²) in [7, 11) is 4.15. The number of phenolic OH excluding ortho intramolecular Hbond substituents is 1. The maximum Gasteiger partial charge on any atom is 0.228 e. The number of piperazine rings is 1. The SMILES string of the molecule is C#Cc1c(F)ccc2cc(O)cc(-c3ncc4c(N(C)C[C@@H]5CCCCN5)nc(N5CC6CCC(C5)N6C)nc4c3F)c12. The molecule has 3 aliphatic rings. The van der Waals surface area contributed by atoms with Crippen LogP contribution in [0.5, 0.6) is 5.75 Å². The molecule has 3 fully saturated rings. The Balaban J connectivity index is 1.40. The number of hydrogen-bond acceptors (Lipinski definition) is 8. The van der Waals surface area contributed by atoms with Gasteiger partial charge in [-0.1, -0.05) is 18.4 Å². The molecule has 0 radical (unpaired) electrons. The second kappa shape index (κ2) is 10.9. The summed E-state index contributed by atoms with van der Waals surface area (Å²) in [5.41, 5.74) is 0.280. The van der Waals surface area contributed by atoms with E-state index in [9.17, 15) is 9.50 Å². The van der Waals surface area contributed by atoms with Crippen molar-refractivity contribution in [1.29, 1.82) is 0 Å². The fourth-order valence-electron chi connectivity index (χ4n) is 7.18. The Morgan fingerprint density at radius 2 is 1.91 bits per heavy atom. The zero-order valence-electron chi connectivity index (χ0n) is 24.4. The van der Waals surface area contributed by atoms with Gasteiger partial charge in [0.15, 0.2) is 5.82 Å². The summed E-state index contributed by atoms with van der Waals surface area (Å²) in [5, 5.41) is 15.4. The molecule has 3 saturated heterocycles. The number of piperidine rings is 1. The van der Waals surface area contributed by atoms with Crippen LogP contribution >= 0.6 is 0 Å². The minimum Gasteiger partial charge on any atom is -0.508 e. The van der Waals surface area contributed by atoms with Gasteiger partial charge in [0, 0.05) is 62.0 Å². The number of nitrogens with one attached hydrogen (secondary N) is 1. The average Bonchev–Trinajstić information content (AvgIpc) is 3.20. The first-order valence-corrected chi connectivity index (χ1v) is 15.0. The van der Waals surface area contributed by atoms with Gasteiger partial charge in [0.2, 0.25) is 5.95 Å². The van der Waals surface area contributed by atoms with E-state index in [1.165, 1.54) is 37.1 Å². The topological polar surface area (TPSA) is 80.7 Å². The molecule has 3 atom stereocenters. The molecule has 2 bridgehead atoms. The summed E-state index contributed by atoms with van der Waals surface area (Å²) >= 11 is 0. The van der Waals surface area contributed by atoms with E-state index in [2.05, 4.69) is 38.0 Å². The quantitative estimate of drug-likeness (QED) is 0.328. The zero-order chi connectivity index (χ0) is 29.8. The Labute approximate surface area is 249 Å². The molecule has 10 heteroatoms. The average molecular weight is 584 g/mol. The number of halogens is 2. The lowest BCUT2D eigenvalue weighted by Crippen LogP contribution is -2.52. The molecule has 8 nitrogen and oxygen atoms in total. The summed E-state index contributed by atoms with van der Waals surface area (Å²) in [6, 6.07) is 6.73. The van der Waals surface area contributed by atoms with E-state index < -0.39 is 11.6 Å². The van der Waals surface area contributed by atoms with Gasteiger partial charge in [0.1, 0.15) is 28.6 Å². The van der Waals surface area contributed by atoms with Crippen LogP contribution in [0.1, 0.15) is 37.7 Å². The maximum absolute atomic E-state index is 16.8. The Kier molecular flexibility index (Phi) is 7.02. The van der Waals surface area contributed by atoms with E-state index in [0.717, 1.165) is 38.9 Å². The van der Waals surface area contributed by atoms with Crippen molar-refractivity contribution in [2.45, 2.75) is 50.2 Å². The summed E-state index contributed by atoms with van der Waals surface area (Å²) in [6.07, 6.45) is 12.9. The van der Waals surface area contributed by atoms with E-state index in [1.54, 1.807) is 6.20 Å². The molecule has 3 aliphatic heterocycles. The number of rotatable bonds is 5. The Morgan fingerprint density at radius 1 is 1.12 bits per heavy atom. The monoisotopic (exact) mass is 583 g/mol. The number of hydrogen-bond donors (Lipinski definition) is 2. The Morgan fingerprint density at radius 3 is 2.63 bits per heavy atom. The van der Waals surface area contributed by atoms with E-state index in [-0.39, 0.29) is 28.1 Å². The molecule has 7 rings (SSSR count). The fourth-order valence-corrected chi connectivity index (χ4v) is 7.18. The third kappa shape index (κ3) is 4.81. The van der Waals surface area contributed by atoms with Crippen LogP contribution in [0.2, 0.25) is 0 Å². The third-order valence-corrected chi connectivity index (χ3v) is 9.50. The van der Waals surface area contributed by atoms with Gasteiger partial charge < -0.3 is 20.2 Å². The van der Waals surface area contributed by atoms with Crippen molar-refractivity contribution in [2.24, 2.45) is 0 Å². The van der Waals surface area contributed by atoms with Crippen molar-refractivity contribution in [3.63, 3.8) is 0 Å². The zero-order valence-corrected chi connectivity index (χ0v) is 24.4. The molecule has 0 saturated carbocycles. The molecule has 0 amide bonds. The molecule has 43 heavy (non-hydrogen) atoms. The fraction of sp³-hybridized carbons (Fsp3) is 0.424. The van der Waals surface area contributed by atoms with Gasteiger partial charge in [-0.05, 0) is 62.9 Å². The summed E-state index contributed by atoms with van der Waals surface area (Å²) in [6.45, 7) is 3.24. The molecular formula is C33H35F2N7O. The van der Waals surface area contributed by atoms with Crippen molar-refractivity contribution in [1.82, 2.24) is 25.2 Å². The standard InChI is InChI=1S/C33H35F2N7O/c1-4-24-27(34)11-8-19-13-23(43)14-25(28(19)24)30-29(35)31-26(15-37-30)32(40(2)16-20-7-5-6-12-36-20)39-33(38-31)42-17-21-9-10-22(18-42)41(21)3/h1,8,11,13-15,20-22,36,43H,5-7,9-10,12,16-18H2,2-3H3/t20-,21?,22?/m0/s1. The molecule has 4 aromatic rings. The van der Waals surface area contributed by atoms with Crippen LogP contribution in [0.15, 0.2) is 30.5 Å². The maximum atomic E-state index is 16.8. The molecule has 222 valence electrons. The van der Waals surface area contributed by atoms with Crippen LogP contribution in [0.25, 0.3) is 32.9 Å². The second-order valence-electron chi connectivity index (χ2n) is 12.2. The lowest BCUT2D eigenvalue weighted by Gasteiger charge is -2.39. The third-order valence-electron chi connectivity index (χ3n) is 9.50. The summed E-state index contributed by atoms with van der Waals surface area (Å²) in [4.78, 5) is 21.0. The number of anilines is 2. The predicted octanol–water partition coefficient (Wildman–Crippen LogP) is 4.67. The molecule has 5 heterocycles. The number of pyridine rings is 1. The van der Waals surface area contributed by atoms with Gasteiger partial charge in [-0.15, -0.1) is 6.42 Å². The molecular weight excluding hydrogens is 548 g/mol. The first-order valence-electron chi connectivity index (χ1n) is 15.0. The van der Waals surface area contributed by atoms with E-state index in [4.69, 9.17) is 16.4 Å². The summed E-state index contributed by atoms with van der Waals surface area (Å²) in [5.74, 6) is 2.14. The second-order valence-corrected chi connectivity index (χ2v) is 12.2. The highest BCUT2D eigenvalue weighted by Gasteiger charge is 2.38. The molecule has 0 aliphatic carbocycles. The molecule has 2 aromatic heterocycles. The van der Waals surface area contributed by atoms with Crippen molar-refractivity contribution in [2.75, 3.05) is 50.1 Å². The van der Waals surface area contributed by atoms with Gasteiger partial charge in [0.25, 0.3) is 0 Å². The van der Waals surface area contributed by atoms with Gasteiger partial charge >= 0.3 is 0 Å². The lowest BCUT2D eigenvalue weighted by molar-refractivity contribution is 0.211. The minimum absolute atomic E-state index is 0.00881. The number of phenols is 1. The molecule has 2 aromatic carbocycles. The van der Waals surface area contributed by atoms with E-state index >= 15 is 4.39 Å². The van der Waals surface area contributed by atoms with Gasteiger partial charge in [-0.25, -0.2) is 13.8 Å². The highest BCUT2D eigenvalue weighted by Crippen LogP contribution is 2.39. The van der Waals surface area contributed by atoms with Crippen LogP contribution in [0.4, 0.5) is 20.5 Å². The number of benzene rings is 2. The largest absolute Gasteiger partial charge is 0.508 e. The van der Waals surface area contributed by atoms with Crippen LogP contribution < -0.4 is 15.1 Å². The van der Waals surface area contributed by atoms with Crippen molar-refractivity contribution >= 4 is 33.4 Å². The number of nitrogens with zero attached hydrogens (tertiary/aromatic N) is 6. The van der Waals surface area contributed by atoms with Crippen molar-refractivity contribution in [3.05, 3.63) is 47.7 Å². The Hall–Kier alpha value is -4.07.